The number of aromatic nitrogens is 2. The maximum absolute atomic E-state index is 12.3. The van der Waals surface area contributed by atoms with Crippen LogP contribution in [0, 0.1) is 10.1 Å². The predicted octanol–water partition coefficient (Wildman–Crippen LogP) is 5.40. The van der Waals surface area contributed by atoms with Crippen molar-refractivity contribution in [1.82, 2.24) is 9.55 Å². The second-order valence-electron chi connectivity index (χ2n) is 9.14. The maximum Gasteiger partial charge on any atom is 0.573 e. The first-order valence-electron chi connectivity index (χ1n) is 12.6. The molecule has 2 heterocycles. The fourth-order valence-corrected chi connectivity index (χ4v) is 4.62. The van der Waals surface area contributed by atoms with Crippen molar-refractivity contribution in [2.45, 2.75) is 44.7 Å². The Morgan fingerprint density at radius 2 is 1.88 bits per heavy atom. The second-order valence-corrected chi connectivity index (χ2v) is 9.48. The predicted molar refractivity (Wildman–Crippen MR) is 140 cm³/mol. The van der Waals surface area contributed by atoms with Crippen LogP contribution in [-0.4, -0.2) is 58.4 Å². The van der Waals surface area contributed by atoms with Gasteiger partial charge in [0.25, 0.3) is 0 Å². The number of aryl methyl sites for hydroxylation is 1. The van der Waals surface area contributed by atoms with Crippen LogP contribution >= 0.6 is 11.6 Å². The van der Waals surface area contributed by atoms with Crippen LogP contribution in [0.25, 0.3) is 0 Å². The van der Waals surface area contributed by atoms with Gasteiger partial charge in [0.05, 0.1) is 12.7 Å². The highest BCUT2D eigenvalue weighted by Gasteiger charge is 2.31. The topological polar surface area (TPSA) is 112 Å². The van der Waals surface area contributed by atoms with Crippen molar-refractivity contribution in [3.8, 4) is 17.2 Å². The summed E-state index contributed by atoms with van der Waals surface area (Å²) in [5, 5.41) is 21.2. The standard InChI is InChI=1S/C26H28ClF3N4O6/c27-25-31-24(34(36)37)16-33(25)14-11-18(35)17-39-23-6-1-5-22-21(23)4-2-12-32(22)13-3-15-38-19-7-9-20(10-8-19)40-26(28,29)30/h1,5-10,16,18,35H,2-4,11-15,17H2. The van der Waals surface area contributed by atoms with E-state index in [2.05, 4.69) is 14.6 Å². The first-order valence-corrected chi connectivity index (χ1v) is 13.0. The summed E-state index contributed by atoms with van der Waals surface area (Å²) < 4.78 is 53.8. The number of ether oxygens (including phenoxy) is 3. The van der Waals surface area contributed by atoms with Gasteiger partial charge in [-0.25, -0.2) is 0 Å². The smallest absolute Gasteiger partial charge is 0.494 e. The van der Waals surface area contributed by atoms with E-state index < -0.39 is 17.4 Å². The molecule has 1 atom stereocenters. The van der Waals surface area contributed by atoms with Gasteiger partial charge in [0.15, 0.2) is 0 Å². The molecule has 0 saturated carbocycles. The lowest BCUT2D eigenvalue weighted by Crippen LogP contribution is -2.31. The van der Waals surface area contributed by atoms with Crippen molar-refractivity contribution >= 4 is 23.1 Å². The third-order valence-corrected chi connectivity index (χ3v) is 6.54. The molecule has 0 fully saturated rings. The van der Waals surface area contributed by atoms with E-state index in [4.69, 9.17) is 21.1 Å². The molecule has 1 aliphatic heterocycles. The Morgan fingerprint density at radius 1 is 1.12 bits per heavy atom. The van der Waals surface area contributed by atoms with Gasteiger partial charge >= 0.3 is 17.5 Å². The Kier molecular flexibility index (Phi) is 9.58. The normalized spacial score (nSPS) is 14.0. The number of aliphatic hydroxyl groups excluding tert-OH is 1. The molecule has 0 aliphatic carbocycles. The van der Waals surface area contributed by atoms with Crippen molar-refractivity contribution in [1.29, 1.82) is 0 Å². The summed E-state index contributed by atoms with van der Waals surface area (Å²) >= 11 is 5.92. The van der Waals surface area contributed by atoms with Gasteiger partial charge in [-0.2, -0.15) is 0 Å². The number of aliphatic hydroxyl groups is 1. The van der Waals surface area contributed by atoms with E-state index in [0.29, 0.717) is 31.1 Å². The molecule has 0 radical (unpaired) electrons. The zero-order chi connectivity index (χ0) is 28.7. The van der Waals surface area contributed by atoms with Crippen LogP contribution in [-0.2, 0) is 13.0 Å². The van der Waals surface area contributed by atoms with Crippen molar-refractivity contribution in [2.75, 3.05) is 31.2 Å². The molecule has 4 rings (SSSR count). The maximum atomic E-state index is 12.3. The van der Waals surface area contributed by atoms with E-state index in [1.165, 1.54) is 35.0 Å². The SMILES string of the molecule is O=[N+]([O-])c1cn(CCC(O)COc2cccc3c2CCCN3CCCOc2ccc(OC(F)(F)F)cc2)c(Cl)n1. The summed E-state index contributed by atoms with van der Waals surface area (Å²) in [6, 6.07) is 11.1. The summed E-state index contributed by atoms with van der Waals surface area (Å²) in [5.74, 6) is 0.492. The van der Waals surface area contributed by atoms with E-state index in [1.807, 2.05) is 18.2 Å². The zero-order valence-corrected chi connectivity index (χ0v) is 22.1. The van der Waals surface area contributed by atoms with Gasteiger partial charge in [-0.15, -0.1) is 13.2 Å². The Bertz CT molecular complexity index is 1290. The minimum Gasteiger partial charge on any atom is -0.494 e. The number of nitrogens with zero attached hydrogens (tertiary/aromatic N) is 4. The number of anilines is 1. The molecule has 216 valence electrons. The minimum atomic E-state index is -4.74. The lowest BCUT2D eigenvalue weighted by atomic mass is 10.0. The van der Waals surface area contributed by atoms with Gasteiger partial charge in [0.1, 0.15) is 30.1 Å². The highest BCUT2D eigenvalue weighted by atomic mass is 35.5. The summed E-state index contributed by atoms with van der Waals surface area (Å²) in [4.78, 5) is 16.1. The minimum absolute atomic E-state index is 0.0177. The quantitative estimate of drug-likeness (QED) is 0.162. The first-order chi connectivity index (χ1) is 19.1. The first kappa shape index (κ1) is 29.3. The van der Waals surface area contributed by atoms with Crippen molar-refractivity contribution in [2.24, 2.45) is 0 Å². The van der Waals surface area contributed by atoms with Crippen LogP contribution in [0.1, 0.15) is 24.8 Å². The van der Waals surface area contributed by atoms with Gasteiger partial charge in [-0.1, -0.05) is 6.07 Å². The van der Waals surface area contributed by atoms with Crippen LogP contribution in [0.4, 0.5) is 24.7 Å². The summed E-state index contributed by atoms with van der Waals surface area (Å²) in [6.45, 7) is 2.26. The molecule has 0 saturated heterocycles. The van der Waals surface area contributed by atoms with Crippen LogP contribution in [0.5, 0.6) is 17.2 Å². The molecule has 1 aromatic heterocycles. The Hall–Kier alpha value is -3.71. The molecule has 3 aromatic rings. The van der Waals surface area contributed by atoms with Crippen LogP contribution in [0.15, 0.2) is 48.7 Å². The molecular formula is C26H28ClF3N4O6. The average molecular weight is 585 g/mol. The molecule has 2 aromatic carbocycles. The lowest BCUT2D eigenvalue weighted by Gasteiger charge is -2.32. The number of fused-ring (bicyclic) bond motifs is 1. The highest BCUT2D eigenvalue weighted by molar-refractivity contribution is 6.28. The number of hydrogen-bond donors (Lipinski definition) is 1. The van der Waals surface area contributed by atoms with Gasteiger partial charge in [0.2, 0.25) is 0 Å². The van der Waals surface area contributed by atoms with E-state index in [1.54, 1.807) is 0 Å². The van der Waals surface area contributed by atoms with Crippen LogP contribution in [0.2, 0.25) is 5.28 Å². The number of nitro groups is 1. The molecule has 0 bridgehead atoms. The average Bonchev–Trinajstić information content (AvgIpc) is 3.29. The third-order valence-electron chi connectivity index (χ3n) is 6.24. The fraction of sp³-hybridized carbons (Fsp3) is 0.423. The van der Waals surface area contributed by atoms with Gasteiger partial charge in [-0.3, -0.25) is 4.57 Å². The molecule has 10 nitrogen and oxygen atoms in total. The van der Waals surface area contributed by atoms with Crippen molar-refractivity contribution in [3.05, 3.63) is 69.6 Å². The van der Waals surface area contributed by atoms with Gasteiger partial charge < -0.3 is 34.3 Å². The molecule has 1 aliphatic rings. The summed E-state index contributed by atoms with van der Waals surface area (Å²) in [6.07, 6.45) is -1.61. The largest absolute Gasteiger partial charge is 0.573 e. The molecule has 40 heavy (non-hydrogen) atoms. The summed E-state index contributed by atoms with van der Waals surface area (Å²) in [7, 11) is 0. The van der Waals surface area contributed by atoms with Crippen molar-refractivity contribution in [3.63, 3.8) is 0 Å². The molecule has 1 unspecified atom stereocenters. The lowest BCUT2D eigenvalue weighted by molar-refractivity contribution is -0.389. The molecule has 1 N–H and O–H groups in total. The fourth-order valence-electron chi connectivity index (χ4n) is 4.40. The highest BCUT2D eigenvalue weighted by Crippen LogP contribution is 2.34. The number of halogens is 4. The number of rotatable bonds is 13. The van der Waals surface area contributed by atoms with Crippen LogP contribution < -0.4 is 19.1 Å². The number of benzene rings is 2. The van der Waals surface area contributed by atoms with E-state index >= 15 is 0 Å². The number of alkyl halides is 3. The van der Waals surface area contributed by atoms with Crippen LogP contribution in [0.3, 0.4) is 0 Å². The molecule has 0 amide bonds. The Labute approximate surface area is 233 Å². The van der Waals surface area contributed by atoms with E-state index in [0.717, 1.165) is 30.6 Å². The van der Waals surface area contributed by atoms with Crippen molar-refractivity contribution < 1.29 is 37.4 Å². The zero-order valence-electron chi connectivity index (χ0n) is 21.3. The number of imidazole rings is 1. The molecule has 0 spiro atoms. The number of hydrogen-bond acceptors (Lipinski definition) is 8. The molecular weight excluding hydrogens is 557 g/mol. The monoisotopic (exact) mass is 584 g/mol. The van der Waals surface area contributed by atoms with Gasteiger partial charge in [0, 0.05) is 30.9 Å². The Morgan fingerprint density at radius 3 is 2.58 bits per heavy atom. The second kappa shape index (κ2) is 13.1. The molecule has 14 heteroatoms. The van der Waals surface area contributed by atoms with E-state index in [9.17, 15) is 28.4 Å². The Balaban J connectivity index is 1.24. The third kappa shape index (κ3) is 8.15. The van der Waals surface area contributed by atoms with Gasteiger partial charge in [-0.05, 0) is 83.6 Å². The van der Waals surface area contributed by atoms with E-state index in [-0.39, 0.29) is 36.4 Å². The summed E-state index contributed by atoms with van der Waals surface area (Å²) in [5.41, 5.74) is 2.10.